The van der Waals surface area contributed by atoms with Gasteiger partial charge in [-0.3, -0.25) is 14.4 Å². The third-order valence-corrected chi connectivity index (χ3v) is 5.29. The van der Waals surface area contributed by atoms with Gasteiger partial charge in [-0.25, -0.2) is 0 Å². The zero-order valence-electron chi connectivity index (χ0n) is 21.2. The minimum Gasteiger partial charge on any atom is -0.494 e. The predicted octanol–water partition coefficient (Wildman–Crippen LogP) is 5.51. The lowest BCUT2D eigenvalue weighted by molar-refractivity contribution is -0.156. The predicted molar refractivity (Wildman–Crippen MR) is 133 cm³/mol. The standard InChI is InChI=1S/C28H37NO5/c1-7-8-17-33-23-15-13-22(14-16-23)28(6,19-24(30)21-11-9-20(2)10-12-21)29-25(31)18-26(32)34-27(3,4)5/h9-16H,7-8,17-19H2,1-6H3,(H,29,31)/t28-/m0/s1. The van der Waals surface area contributed by atoms with Crippen molar-refractivity contribution in [2.45, 2.75) is 78.4 Å². The number of Topliss-reactive ketones (excluding diaryl/α,β-unsaturated/α-hetero) is 1. The molecule has 0 bridgehead atoms. The molecule has 2 aromatic rings. The Kier molecular flexibility index (Phi) is 9.42. The Morgan fingerprint density at radius 2 is 1.53 bits per heavy atom. The molecule has 6 nitrogen and oxygen atoms in total. The highest BCUT2D eigenvalue weighted by atomic mass is 16.6. The summed E-state index contributed by atoms with van der Waals surface area (Å²) in [5.41, 5.74) is 0.660. The van der Waals surface area contributed by atoms with Crippen molar-refractivity contribution in [1.29, 1.82) is 0 Å². The number of esters is 1. The van der Waals surface area contributed by atoms with Crippen LogP contribution >= 0.6 is 0 Å². The Labute approximate surface area is 203 Å². The molecule has 0 aliphatic carbocycles. The van der Waals surface area contributed by atoms with Gasteiger partial charge in [-0.2, -0.15) is 0 Å². The maximum atomic E-state index is 13.1. The molecule has 0 saturated carbocycles. The Bertz CT molecular complexity index is 973. The molecule has 0 unspecified atom stereocenters. The van der Waals surface area contributed by atoms with Crippen LogP contribution in [0.5, 0.6) is 5.75 Å². The number of amides is 1. The molecule has 34 heavy (non-hydrogen) atoms. The number of carbonyl (C=O) groups excluding carboxylic acids is 3. The van der Waals surface area contributed by atoms with Crippen molar-refractivity contribution < 1.29 is 23.9 Å². The number of benzene rings is 2. The number of nitrogens with one attached hydrogen (secondary N) is 1. The van der Waals surface area contributed by atoms with Gasteiger partial charge in [0, 0.05) is 12.0 Å². The molecule has 2 rings (SSSR count). The van der Waals surface area contributed by atoms with Crippen LogP contribution in [0.25, 0.3) is 0 Å². The Hall–Kier alpha value is -3.15. The molecule has 0 saturated heterocycles. The number of unbranched alkanes of at least 4 members (excludes halogenated alkanes) is 1. The Morgan fingerprint density at radius 3 is 2.09 bits per heavy atom. The topological polar surface area (TPSA) is 81.7 Å². The number of aryl methyl sites for hydroxylation is 1. The molecule has 184 valence electrons. The molecular weight excluding hydrogens is 430 g/mol. The number of hydrogen-bond acceptors (Lipinski definition) is 5. The third-order valence-electron chi connectivity index (χ3n) is 5.29. The van der Waals surface area contributed by atoms with Crippen molar-refractivity contribution in [3.63, 3.8) is 0 Å². The van der Waals surface area contributed by atoms with E-state index in [-0.39, 0.29) is 12.2 Å². The zero-order valence-corrected chi connectivity index (χ0v) is 21.2. The summed E-state index contributed by atoms with van der Waals surface area (Å²) in [6, 6.07) is 14.7. The molecule has 2 aromatic carbocycles. The average Bonchev–Trinajstić information content (AvgIpc) is 2.73. The number of carbonyl (C=O) groups is 3. The highest BCUT2D eigenvalue weighted by Crippen LogP contribution is 2.29. The first-order valence-electron chi connectivity index (χ1n) is 11.8. The van der Waals surface area contributed by atoms with Crippen LogP contribution in [0, 0.1) is 6.92 Å². The summed E-state index contributed by atoms with van der Waals surface area (Å²) in [5.74, 6) is -0.499. The lowest BCUT2D eigenvalue weighted by Gasteiger charge is -2.31. The first-order chi connectivity index (χ1) is 15.9. The van der Waals surface area contributed by atoms with Gasteiger partial charge in [0.25, 0.3) is 0 Å². The van der Waals surface area contributed by atoms with E-state index in [1.807, 2.05) is 43.3 Å². The van der Waals surface area contributed by atoms with Crippen molar-refractivity contribution in [1.82, 2.24) is 5.32 Å². The number of ether oxygens (including phenoxy) is 2. The summed E-state index contributed by atoms with van der Waals surface area (Å²) in [6.45, 7) is 11.7. The highest BCUT2D eigenvalue weighted by Gasteiger charge is 2.33. The van der Waals surface area contributed by atoms with Crippen LogP contribution in [0.1, 0.15) is 81.8 Å². The second kappa shape index (κ2) is 11.8. The van der Waals surface area contributed by atoms with E-state index >= 15 is 0 Å². The fourth-order valence-corrected chi connectivity index (χ4v) is 3.50. The summed E-state index contributed by atoms with van der Waals surface area (Å²) in [6.07, 6.45) is 1.61. The maximum Gasteiger partial charge on any atom is 0.315 e. The summed E-state index contributed by atoms with van der Waals surface area (Å²) >= 11 is 0. The van der Waals surface area contributed by atoms with E-state index in [1.165, 1.54) is 0 Å². The lowest BCUT2D eigenvalue weighted by Crippen LogP contribution is -2.46. The molecule has 0 aliphatic heterocycles. The molecule has 1 N–H and O–H groups in total. The van der Waals surface area contributed by atoms with Gasteiger partial charge in [0.15, 0.2) is 5.78 Å². The molecule has 1 amide bonds. The molecule has 0 radical (unpaired) electrons. The van der Waals surface area contributed by atoms with Crippen molar-refractivity contribution in [3.05, 3.63) is 65.2 Å². The van der Waals surface area contributed by atoms with Crippen LogP contribution in [0.4, 0.5) is 0 Å². The van der Waals surface area contributed by atoms with E-state index in [0.717, 1.165) is 29.7 Å². The van der Waals surface area contributed by atoms with Gasteiger partial charge in [0.2, 0.25) is 5.91 Å². The normalized spacial score (nSPS) is 13.0. The van der Waals surface area contributed by atoms with Crippen LogP contribution < -0.4 is 10.1 Å². The minimum absolute atomic E-state index is 0.0339. The van der Waals surface area contributed by atoms with Crippen LogP contribution in [0.2, 0.25) is 0 Å². The molecule has 0 fully saturated rings. The lowest BCUT2D eigenvalue weighted by atomic mass is 9.85. The van der Waals surface area contributed by atoms with Gasteiger partial charge in [0.1, 0.15) is 17.8 Å². The smallest absolute Gasteiger partial charge is 0.315 e. The second-order valence-electron chi connectivity index (χ2n) is 9.84. The fraction of sp³-hybridized carbons (Fsp3) is 0.464. The van der Waals surface area contributed by atoms with E-state index in [1.54, 1.807) is 39.8 Å². The van der Waals surface area contributed by atoms with Crippen molar-refractivity contribution in [2.75, 3.05) is 6.61 Å². The van der Waals surface area contributed by atoms with Crippen LogP contribution in [0.15, 0.2) is 48.5 Å². The van der Waals surface area contributed by atoms with Crippen molar-refractivity contribution >= 4 is 17.7 Å². The largest absolute Gasteiger partial charge is 0.494 e. The fourth-order valence-electron chi connectivity index (χ4n) is 3.50. The van der Waals surface area contributed by atoms with E-state index in [4.69, 9.17) is 9.47 Å². The van der Waals surface area contributed by atoms with Crippen LogP contribution in [-0.2, 0) is 19.9 Å². The first-order valence-corrected chi connectivity index (χ1v) is 11.8. The van der Waals surface area contributed by atoms with E-state index in [2.05, 4.69) is 12.2 Å². The van der Waals surface area contributed by atoms with Gasteiger partial charge in [0.05, 0.1) is 12.1 Å². The van der Waals surface area contributed by atoms with Gasteiger partial charge >= 0.3 is 5.97 Å². The van der Waals surface area contributed by atoms with E-state index in [0.29, 0.717) is 12.2 Å². The summed E-state index contributed by atoms with van der Waals surface area (Å²) in [7, 11) is 0. The number of hydrogen-bond donors (Lipinski definition) is 1. The maximum absolute atomic E-state index is 13.1. The molecule has 1 atom stereocenters. The van der Waals surface area contributed by atoms with Gasteiger partial charge in [-0.1, -0.05) is 55.3 Å². The molecule has 0 spiro atoms. The van der Waals surface area contributed by atoms with Gasteiger partial charge < -0.3 is 14.8 Å². The quantitative estimate of drug-likeness (QED) is 0.204. The van der Waals surface area contributed by atoms with Crippen LogP contribution in [0.3, 0.4) is 0 Å². The average molecular weight is 468 g/mol. The van der Waals surface area contributed by atoms with Crippen molar-refractivity contribution in [2.24, 2.45) is 0 Å². The van der Waals surface area contributed by atoms with E-state index < -0.39 is 29.4 Å². The Balaban J connectivity index is 2.24. The Morgan fingerprint density at radius 1 is 0.912 bits per heavy atom. The monoisotopic (exact) mass is 467 g/mol. The molecule has 6 heteroatoms. The van der Waals surface area contributed by atoms with Crippen LogP contribution in [-0.4, -0.2) is 29.9 Å². The summed E-state index contributed by atoms with van der Waals surface area (Å²) < 4.78 is 11.0. The zero-order chi connectivity index (χ0) is 25.4. The first kappa shape index (κ1) is 27.1. The minimum atomic E-state index is -1.02. The third kappa shape index (κ3) is 8.65. The number of ketones is 1. The van der Waals surface area contributed by atoms with E-state index in [9.17, 15) is 14.4 Å². The van der Waals surface area contributed by atoms with Crippen molar-refractivity contribution in [3.8, 4) is 5.75 Å². The molecule has 0 aromatic heterocycles. The molecular formula is C28H37NO5. The second-order valence-corrected chi connectivity index (χ2v) is 9.84. The van der Waals surface area contributed by atoms with Gasteiger partial charge in [-0.15, -0.1) is 0 Å². The summed E-state index contributed by atoms with van der Waals surface area (Å²) in [5, 5.41) is 2.91. The molecule has 0 aliphatic rings. The molecule has 0 heterocycles. The summed E-state index contributed by atoms with van der Waals surface area (Å²) in [4.78, 5) is 38.1. The van der Waals surface area contributed by atoms with Gasteiger partial charge in [-0.05, 0) is 58.7 Å². The SMILES string of the molecule is CCCCOc1ccc([C@](C)(CC(=O)c2ccc(C)cc2)NC(=O)CC(=O)OC(C)(C)C)cc1. The highest BCUT2D eigenvalue weighted by molar-refractivity contribution is 5.98. The number of rotatable bonds is 11.